The second-order valence-electron chi connectivity index (χ2n) is 9.24. The third kappa shape index (κ3) is 3.88. The van der Waals surface area contributed by atoms with Crippen molar-refractivity contribution in [1.82, 2.24) is 19.8 Å². The maximum atomic E-state index is 13.4. The van der Waals surface area contributed by atoms with E-state index >= 15 is 0 Å². The van der Waals surface area contributed by atoms with Crippen LogP contribution in [0.4, 0.5) is 4.39 Å². The molecular formula is C23H29FN4O4. The molecule has 8 nitrogen and oxygen atoms in total. The van der Waals surface area contributed by atoms with E-state index in [9.17, 15) is 19.1 Å². The molecule has 5 rings (SSSR count). The van der Waals surface area contributed by atoms with Crippen LogP contribution in [0.3, 0.4) is 0 Å². The fraction of sp³-hybridized carbons (Fsp3) is 0.609. The number of amides is 1. The highest BCUT2D eigenvalue weighted by atomic mass is 19.1. The molecule has 3 fully saturated rings. The van der Waals surface area contributed by atoms with Crippen LogP contribution in [0.1, 0.15) is 48.9 Å². The fourth-order valence-electron chi connectivity index (χ4n) is 5.07. The third-order valence-electron chi connectivity index (χ3n) is 7.18. The average molecular weight is 445 g/mol. The zero-order chi connectivity index (χ0) is 22.3. The van der Waals surface area contributed by atoms with Crippen LogP contribution in [0, 0.1) is 0 Å². The molecule has 0 radical (unpaired) electrons. The topological polar surface area (TPSA) is 96.7 Å². The van der Waals surface area contributed by atoms with E-state index in [-0.39, 0.29) is 22.9 Å². The average Bonchev–Trinajstić information content (AvgIpc) is 3.56. The lowest BCUT2D eigenvalue weighted by Crippen LogP contribution is -2.49. The Hall–Kier alpha value is -2.52. The number of fused-ring (bicyclic) bond motifs is 1. The van der Waals surface area contributed by atoms with Gasteiger partial charge in [-0.25, -0.2) is 9.37 Å². The van der Waals surface area contributed by atoms with Crippen LogP contribution in [0.5, 0.6) is 5.75 Å². The molecule has 1 aliphatic heterocycles. The molecule has 32 heavy (non-hydrogen) atoms. The number of carbonyl (C=O) groups is 1. The first-order valence-electron chi connectivity index (χ1n) is 11.5. The van der Waals surface area contributed by atoms with Crippen LogP contribution in [-0.2, 0) is 11.3 Å². The predicted octanol–water partition coefficient (Wildman–Crippen LogP) is 1.98. The van der Waals surface area contributed by atoms with Crippen molar-refractivity contribution in [2.24, 2.45) is 0 Å². The van der Waals surface area contributed by atoms with Gasteiger partial charge in [-0.15, -0.1) is 0 Å². The van der Waals surface area contributed by atoms with Crippen molar-refractivity contribution in [3.63, 3.8) is 0 Å². The van der Waals surface area contributed by atoms with Gasteiger partial charge in [-0.3, -0.25) is 19.1 Å². The summed E-state index contributed by atoms with van der Waals surface area (Å²) in [5.41, 5.74) is -0.376. The maximum absolute atomic E-state index is 13.4. The highest BCUT2D eigenvalue weighted by Gasteiger charge is 2.49. The summed E-state index contributed by atoms with van der Waals surface area (Å²) in [5, 5.41) is 14.0. The Bertz CT molecular complexity index is 1080. The summed E-state index contributed by atoms with van der Waals surface area (Å²) in [7, 11) is 0. The van der Waals surface area contributed by atoms with Crippen molar-refractivity contribution >= 4 is 16.9 Å². The molecule has 2 aromatic heterocycles. The molecule has 1 amide bonds. The van der Waals surface area contributed by atoms with E-state index in [2.05, 4.69) is 15.2 Å². The Labute approximate surface area is 185 Å². The van der Waals surface area contributed by atoms with Crippen molar-refractivity contribution in [1.29, 1.82) is 0 Å². The lowest BCUT2D eigenvalue weighted by Gasteiger charge is -2.36. The van der Waals surface area contributed by atoms with Gasteiger partial charge >= 0.3 is 0 Å². The highest BCUT2D eigenvalue weighted by molar-refractivity contribution is 6.01. The minimum absolute atomic E-state index is 0.0808. The lowest BCUT2D eigenvalue weighted by molar-refractivity contribution is -0.0215. The van der Waals surface area contributed by atoms with E-state index in [1.165, 1.54) is 4.57 Å². The van der Waals surface area contributed by atoms with Crippen molar-refractivity contribution in [2.75, 3.05) is 26.3 Å². The molecule has 0 unspecified atom stereocenters. The number of ether oxygens (including phenoxy) is 1. The van der Waals surface area contributed by atoms with Gasteiger partial charge in [0.1, 0.15) is 23.1 Å². The van der Waals surface area contributed by atoms with Crippen LogP contribution in [0.2, 0.25) is 0 Å². The second-order valence-corrected chi connectivity index (χ2v) is 9.24. The van der Waals surface area contributed by atoms with E-state index in [1.807, 2.05) is 0 Å². The number of halogens is 1. The number of carbonyl (C=O) groups excluding carboxylic acids is 1. The van der Waals surface area contributed by atoms with Crippen LogP contribution in [0.15, 0.2) is 23.1 Å². The molecule has 2 N–H and O–H groups in total. The van der Waals surface area contributed by atoms with Gasteiger partial charge in [0, 0.05) is 37.4 Å². The van der Waals surface area contributed by atoms with Gasteiger partial charge in [0.25, 0.3) is 11.5 Å². The second kappa shape index (κ2) is 8.44. The zero-order valence-electron chi connectivity index (χ0n) is 18.1. The number of alkyl halides is 1. The van der Waals surface area contributed by atoms with Crippen LogP contribution < -0.4 is 10.9 Å². The summed E-state index contributed by atoms with van der Waals surface area (Å²) in [5.74, 6) is -0.963. The zero-order valence-corrected chi connectivity index (χ0v) is 18.1. The Kier molecular flexibility index (Phi) is 5.63. The van der Waals surface area contributed by atoms with E-state index in [0.29, 0.717) is 63.0 Å². The van der Waals surface area contributed by atoms with Crippen molar-refractivity contribution in [2.45, 2.75) is 62.8 Å². The number of rotatable bonds is 5. The number of hydrogen-bond donors (Lipinski definition) is 2. The van der Waals surface area contributed by atoms with Gasteiger partial charge in [0.05, 0.1) is 18.6 Å². The van der Waals surface area contributed by atoms with Crippen molar-refractivity contribution < 1.29 is 19.0 Å². The molecule has 0 aromatic carbocycles. The molecule has 0 atom stereocenters. The van der Waals surface area contributed by atoms with Gasteiger partial charge in [-0.05, 0) is 50.7 Å². The highest BCUT2D eigenvalue weighted by Crippen LogP contribution is 2.43. The first-order valence-corrected chi connectivity index (χ1v) is 11.5. The first kappa shape index (κ1) is 21.3. The number of pyridine rings is 2. The quantitative estimate of drug-likeness (QED) is 0.732. The molecule has 3 aliphatic rings. The summed E-state index contributed by atoms with van der Waals surface area (Å²) in [6, 6.07) is 3.13. The van der Waals surface area contributed by atoms with Crippen LogP contribution >= 0.6 is 0 Å². The number of aromatic hydroxyl groups is 1. The SMILES string of the molecule is O=C(NC1CCC(F)CC1)c1c(O)c2cccnc2n(CCN2CCOCC23CC3)c1=O. The summed E-state index contributed by atoms with van der Waals surface area (Å²) >= 11 is 0. The standard InChI is InChI=1S/C23H29FN4O4/c24-15-3-5-16(6-4-15)26-21(30)18-19(29)17-2-1-9-25-20(17)28(22(18)31)11-10-27-12-13-32-14-23(27)7-8-23/h1-2,9,15-16,29H,3-8,10-14H2,(H,26,30). The normalized spacial score (nSPS) is 25.2. The van der Waals surface area contributed by atoms with Gasteiger partial charge in [0.2, 0.25) is 0 Å². The summed E-state index contributed by atoms with van der Waals surface area (Å²) in [4.78, 5) is 33.1. The lowest BCUT2D eigenvalue weighted by atomic mass is 9.94. The number of nitrogens with one attached hydrogen (secondary N) is 1. The molecular weight excluding hydrogens is 415 g/mol. The van der Waals surface area contributed by atoms with Gasteiger partial charge in [-0.2, -0.15) is 0 Å². The molecule has 172 valence electrons. The Morgan fingerprint density at radius 1 is 1.28 bits per heavy atom. The monoisotopic (exact) mass is 444 g/mol. The largest absolute Gasteiger partial charge is 0.506 e. The van der Waals surface area contributed by atoms with Gasteiger partial charge < -0.3 is 15.2 Å². The number of aromatic nitrogens is 2. The Morgan fingerprint density at radius 3 is 2.81 bits per heavy atom. The molecule has 9 heteroatoms. The molecule has 0 bridgehead atoms. The van der Waals surface area contributed by atoms with Crippen LogP contribution in [0.25, 0.3) is 11.0 Å². The van der Waals surface area contributed by atoms with Crippen LogP contribution in [-0.4, -0.2) is 69.5 Å². The minimum atomic E-state index is -0.838. The van der Waals surface area contributed by atoms with Gasteiger partial charge in [-0.1, -0.05) is 0 Å². The van der Waals surface area contributed by atoms with E-state index in [1.54, 1.807) is 18.3 Å². The Morgan fingerprint density at radius 2 is 2.06 bits per heavy atom. The molecule has 2 aliphatic carbocycles. The van der Waals surface area contributed by atoms with Crippen molar-refractivity contribution in [3.05, 3.63) is 34.2 Å². The predicted molar refractivity (Wildman–Crippen MR) is 117 cm³/mol. The van der Waals surface area contributed by atoms with E-state index < -0.39 is 17.6 Å². The summed E-state index contributed by atoms with van der Waals surface area (Å²) < 4.78 is 20.6. The van der Waals surface area contributed by atoms with E-state index in [0.717, 1.165) is 19.4 Å². The summed E-state index contributed by atoms with van der Waals surface area (Å²) in [6.07, 6.45) is 4.75. The van der Waals surface area contributed by atoms with Crippen molar-refractivity contribution in [3.8, 4) is 5.75 Å². The molecule has 1 spiro atoms. The summed E-state index contributed by atoms with van der Waals surface area (Å²) in [6.45, 7) is 3.19. The molecule has 2 aromatic rings. The first-order chi connectivity index (χ1) is 15.5. The van der Waals surface area contributed by atoms with E-state index in [4.69, 9.17) is 4.74 Å². The smallest absolute Gasteiger partial charge is 0.268 e. The maximum Gasteiger partial charge on any atom is 0.268 e. The Balaban J connectivity index is 1.44. The number of hydrogen-bond acceptors (Lipinski definition) is 6. The minimum Gasteiger partial charge on any atom is -0.506 e. The number of morpholine rings is 1. The third-order valence-corrected chi connectivity index (χ3v) is 7.18. The fourth-order valence-corrected chi connectivity index (χ4v) is 5.07. The molecule has 3 heterocycles. The molecule has 2 saturated carbocycles. The molecule has 1 saturated heterocycles. The number of nitrogens with zero attached hydrogens (tertiary/aromatic N) is 3. The van der Waals surface area contributed by atoms with Gasteiger partial charge in [0.15, 0.2) is 0 Å².